The Bertz CT molecular complexity index is 688. The molecule has 1 amide bonds. The van der Waals surface area contributed by atoms with E-state index in [1.54, 1.807) is 0 Å². The van der Waals surface area contributed by atoms with E-state index in [0.717, 1.165) is 25.8 Å². The number of amides is 1. The van der Waals surface area contributed by atoms with Gasteiger partial charge < -0.3 is 10.6 Å². The van der Waals surface area contributed by atoms with Crippen LogP contribution in [0.25, 0.3) is 10.8 Å². The number of rotatable bonds is 5. The number of carbonyl (C=O) groups excluding carboxylic acids is 1. The zero-order chi connectivity index (χ0) is 16.2. The summed E-state index contributed by atoms with van der Waals surface area (Å²) in [5.74, 6) is 0.780. The van der Waals surface area contributed by atoms with Gasteiger partial charge in [-0.2, -0.15) is 0 Å². The van der Waals surface area contributed by atoms with Gasteiger partial charge >= 0.3 is 0 Å². The Morgan fingerprint density at radius 3 is 2.62 bits per heavy atom. The molecular weight excluding hydrogens is 320 g/mol. The first-order chi connectivity index (χ1) is 11.2. The average molecular weight is 347 g/mol. The predicted molar refractivity (Wildman–Crippen MR) is 102 cm³/mol. The number of nitrogens with two attached hydrogens (primary N) is 1. The monoisotopic (exact) mass is 346 g/mol. The maximum Gasteiger partial charge on any atom is 0.226 e. The average Bonchev–Trinajstić information content (AvgIpc) is 3.07. The van der Waals surface area contributed by atoms with Crippen molar-refractivity contribution in [1.29, 1.82) is 0 Å². The van der Waals surface area contributed by atoms with Crippen LogP contribution in [0.4, 0.5) is 0 Å². The van der Waals surface area contributed by atoms with Crippen molar-refractivity contribution in [3.05, 3.63) is 48.0 Å². The van der Waals surface area contributed by atoms with E-state index >= 15 is 0 Å². The van der Waals surface area contributed by atoms with E-state index in [9.17, 15) is 4.79 Å². The first kappa shape index (κ1) is 18.8. The molecule has 24 heavy (non-hydrogen) atoms. The van der Waals surface area contributed by atoms with E-state index in [-0.39, 0.29) is 24.2 Å². The highest BCUT2D eigenvalue weighted by Gasteiger charge is 2.34. The molecule has 1 fully saturated rings. The van der Waals surface area contributed by atoms with E-state index in [2.05, 4.69) is 49.4 Å². The summed E-state index contributed by atoms with van der Waals surface area (Å²) in [6.45, 7) is 4.13. The molecule has 3 rings (SSSR count). The minimum absolute atomic E-state index is 0. The molecule has 2 atom stereocenters. The Hall–Kier alpha value is -1.58. The number of halogens is 1. The van der Waals surface area contributed by atoms with Crippen molar-refractivity contribution in [3.63, 3.8) is 0 Å². The number of carbonyl (C=O) groups is 1. The molecular formula is C20H27ClN2O. The molecule has 0 heterocycles. The Kier molecular flexibility index (Phi) is 6.64. The second-order valence-electron chi connectivity index (χ2n) is 6.57. The molecule has 0 aromatic heterocycles. The van der Waals surface area contributed by atoms with Crippen molar-refractivity contribution < 1.29 is 4.79 Å². The summed E-state index contributed by atoms with van der Waals surface area (Å²) in [5, 5.41) is 2.47. The molecule has 0 radical (unpaired) electrons. The number of benzene rings is 2. The lowest BCUT2D eigenvalue weighted by Crippen LogP contribution is -2.38. The van der Waals surface area contributed by atoms with Crippen molar-refractivity contribution in [2.75, 3.05) is 13.1 Å². The summed E-state index contributed by atoms with van der Waals surface area (Å²) >= 11 is 0. The summed E-state index contributed by atoms with van der Waals surface area (Å²) in [7, 11) is 0. The minimum atomic E-state index is 0. The molecule has 0 aliphatic heterocycles. The van der Waals surface area contributed by atoms with E-state index in [1.807, 2.05) is 4.90 Å². The van der Waals surface area contributed by atoms with Crippen LogP contribution in [-0.2, 0) is 11.3 Å². The Labute approximate surface area is 150 Å². The zero-order valence-electron chi connectivity index (χ0n) is 14.3. The molecule has 0 saturated heterocycles. The van der Waals surface area contributed by atoms with Crippen LogP contribution in [0.2, 0.25) is 0 Å². The van der Waals surface area contributed by atoms with Crippen LogP contribution in [-0.4, -0.2) is 23.9 Å². The standard InChI is InChI=1S/C20H26N2O.ClH/c1-2-22(20(23)19-9-5-8-18(19)13-21)14-15-10-11-16-6-3-4-7-17(16)12-15;/h3-4,6-7,10-12,18-19H,2,5,8-9,13-14,21H2,1H3;1H/t18-,19-;/m1./s1. The highest BCUT2D eigenvalue weighted by molar-refractivity contribution is 5.85. The predicted octanol–water partition coefficient (Wildman–Crippen LogP) is 3.99. The van der Waals surface area contributed by atoms with Crippen LogP contribution in [0.5, 0.6) is 0 Å². The molecule has 0 bridgehead atoms. The van der Waals surface area contributed by atoms with Gasteiger partial charge in [0.1, 0.15) is 0 Å². The molecule has 3 nitrogen and oxygen atoms in total. The SMILES string of the molecule is CCN(Cc1ccc2ccccc2c1)C(=O)[C@@H]1CCC[C@@H]1CN.Cl. The maximum absolute atomic E-state index is 12.9. The van der Waals surface area contributed by atoms with Crippen LogP contribution >= 0.6 is 12.4 Å². The Morgan fingerprint density at radius 1 is 1.17 bits per heavy atom. The number of hydrogen-bond acceptors (Lipinski definition) is 2. The molecule has 1 saturated carbocycles. The summed E-state index contributed by atoms with van der Waals surface area (Å²) in [6.07, 6.45) is 3.22. The normalized spacial score (nSPS) is 19.9. The van der Waals surface area contributed by atoms with Gasteiger partial charge in [-0.05, 0) is 54.6 Å². The highest BCUT2D eigenvalue weighted by Crippen LogP contribution is 2.32. The van der Waals surface area contributed by atoms with Crippen LogP contribution in [0, 0.1) is 11.8 Å². The molecule has 1 aliphatic rings. The van der Waals surface area contributed by atoms with Gasteiger partial charge in [-0.1, -0.05) is 42.8 Å². The summed E-state index contributed by atoms with van der Waals surface area (Å²) in [6, 6.07) is 14.8. The summed E-state index contributed by atoms with van der Waals surface area (Å²) in [4.78, 5) is 14.9. The van der Waals surface area contributed by atoms with Gasteiger partial charge in [-0.15, -0.1) is 12.4 Å². The molecule has 0 spiro atoms. The minimum Gasteiger partial charge on any atom is -0.338 e. The smallest absolute Gasteiger partial charge is 0.226 e. The lowest BCUT2D eigenvalue weighted by molar-refractivity contribution is -0.137. The second-order valence-corrected chi connectivity index (χ2v) is 6.57. The fraction of sp³-hybridized carbons (Fsp3) is 0.450. The van der Waals surface area contributed by atoms with Crippen LogP contribution in [0.3, 0.4) is 0 Å². The van der Waals surface area contributed by atoms with E-state index in [4.69, 9.17) is 5.73 Å². The molecule has 2 N–H and O–H groups in total. The number of nitrogens with zero attached hydrogens (tertiary/aromatic N) is 1. The number of fused-ring (bicyclic) bond motifs is 1. The third-order valence-electron chi connectivity index (χ3n) is 5.16. The fourth-order valence-electron chi connectivity index (χ4n) is 3.78. The van der Waals surface area contributed by atoms with Crippen molar-refractivity contribution in [2.45, 2.75) is 32.7 Å². The summed E-state index contributed by atoms with van der Waals surface area (Å²) in [5.41, 5.74) is 7.04. The Balaban J connectivity index is 0.00000208. The van der Waals surface area contributed by atoms with Gasteiger partial charge in [0.25, 0.3) is 0 Å². The van der Waals surface area contributed by atoms with Crippen LogP contribution < -0.4 is 5.73 Å². The van der Waals surface area contributed by atoms with E-state index < -0.39 is 0 Å². The zero-order valence-corrected chi connectivity index (χ0v) is 15.1. The molecule has 2 aromatic carbocycles. The second kappa shape index (κ2) is 8.50. The third kappa shape index (κ3) is 3.90. The van der Waals surface area contributed by atoms with Crippen LogP contribution in [0.1, 0.15) is 31.7 Å². The van der Waals surface area contributed by atoms with Crippen molar-refractivity contribution in [1.82, 2.24) is 4.90 Å². The fourth-order valence-corrected chi connectivity index (χ4v) is 3.78. The molecule has 1 aliphatic carbocycles. The maximum atomic E-state index is 12.9. The van der Waals surface area contributed by atoms with Gasteiger partial charge in [0.2, 0.25) is 5.91 Å². The van der Waals surface area contributed by atoms with Gasteiger partial charge in [-0.25, -0.2) is 0 Å². The molecule has 2 aromatic rings. The van der Waals surface area contributed by atoms with Crippen molar-refractivity contribution in [3.8, 4) is 0 Å². The summed E-state index contributed by atoms with van der Waals surface area (Å²) < 4.78 is 0. The molecule has 4 heteroatoms. The highest BCUT2D eigenvalue weighted by atomic mass is 35.5. The van der Waals surface area contributed by atoms with Crippen LogP contribution in [0.15, 0.2) is 42.5 Å². The lowest BCUT2D eigenvalue weighted by atomic mass is 9.94. The van der Waals surface area contributed by atoms with Crippen molar-refractivity contribution >= 4 is 29.1 Å². The first-order valence-electron chi connectivity index (χ1n) is 8.69. The van der Waals surface area contributed by atoms with Gasteiger partial charge in [0, 0.05) is 19.0 Å². The van der Waals surface area contributed by atoms with Gasteiger partial charge in [0.05, 0.1) is 0 Å². The first-order valence-corrected chi connectivity index (χ1v) is 8.69. The van der Waals surface area contributed by atoms with Gasteiger partial charge in [0.15, 0.2) is 0 Å². The Morgan fingerprint density at radius 2 is 1.92 bits per heavy atom. The van der Waals surface area contributed by atoms with Gasteiger partial charge in [-0.3, -0.25) is 4.79 Å². The third-order valence-corrected chi connectivity index (χ3v) is 5.16. The lowest BCUT2D eigenvalue weighted by Gasteiger charge is -2.27. The number of hydrogen-bond donors (Lipinski definition) is 1. The largest absolute Gasteiger partial charge is 0.338 e. The molecule has 130 valence electrons. The topological polar surface area (TPSA) is 46.3 Å². The van der Waals surface area contributed by atoms with E-state index in [0.29, 0.717) is 19.0 Å². The quantitative estimate of drug-likeness (QED) is 0.889. The van der Waals surface area contributed by atoms with E-state index in [1.165, 1.54) is 16.3 Å². The molecule has 0 unspecified atom stereocenters. The van der Waals surface area contributed by atoms with Crippen molar-refractivity contribution in [2.24, 2.45) is 17.6 Å².